The summed E-state index contributed by atoms with van der Waals surface area (Å²) in [6.07, 6.45) is 0. The van der Waals surface area contributed by atoms with Crippen molar-refractivity contribution in [1.29, 1.82) is 0 Å². The molecule has 1 heterocycles. The van der Waals surface area contributed by atoms with Gasteiger partial charge in [-0.15, -0.1) is 0 Å². The van der Waals surface area contributed by atoms with Crippen LogP contribution in [-0.4, -0.2) is 16.4 Å². The second-order valence-corrected chi connectivity index (χ2v) is 7.58. The van der Waals surface area contributed by atoms with Crippen LogP contribution in [0.3, 0.4) is 0 Å². The minimum absolute atomic E-state index is 0.0719. The Hall–Kier alpha value is -2.39. The van der Waals surface area contributed by atoms with Gasteiger partial charge < -0.3 is 5.32 Å². The number of carbonyl (C=O) groups excluding carboxylic acids is 1. The molecule has 6 nitrogen and oxygen atoms in total. The highest BCUT2D eigenvalue weighted by atomic mass is 79.9. The zero-order valence-corrected chi connectivity index (χ0v) is 15.9. The number of amides is 1. The Bertz CT molecular complexity index is 990. The number of nitrogens with one attached hydrogen (secondary N) is 2. The minimum atomic E-state index is -0.660. The summed E-state index contributed by atoms with van der Waals surface area (Å²) in [5.74, 6) is -0.984. The van der Waals surface area contributed by atoms with E-state index < -0.39 is 22.6 Å². The highest BCUT2D eigenvalue weighted by molar-refractivity contribution is 9.10. The zero-order chi connectivity index (χ0) is 18.7. The molecule has 134 valence electrons. The van der Waals surface area contributed by atoms with Crippen LogP contribution in [0.25, 0.3) is 5.69 Å². The highest BCUT2D eigenvalue weighted by Gasteiger charge is 2.29. The van der Waals surface area contributed by atoms with Crippen molar-refractivity contribution in [2.24, 2.45) is 0 Å². The Morgan fingerprint density at radius 3 is 2.73 bits per heavy atom. The van der Waals surface area contributed by atoms with Crippen LogP contribution in [0.5, 0.6) is 0 Å². The van der Waals surface area contributed by atoms with Crippen LogP contribution >= 0.6 is 27.7 Å². The van der Waals surface area contributed by atoms with Gasteiger partial charge in [-0.25, -0.2) is 9.18 Å². The Morgan fingerprint density at radius 1 is 1.31 bits per heavy atom. The minimum Gasteiger partial charge on any atom is -0.323 e. The van der Waals surface area contributed by atoms with Crippen LogP contribution in [0.4, 0.5) is 10.1 Å². The first kappa shape index (κ1) is 18.4. The van der Waals surface area contributed by atoms with Crippen molar-refractivity contribution < 1.29 is 18.4 Å². The lowest BCUT2D eigenvalue weighted by atomic mass is 10.3. The number of anilines is 1. The van der Waals surface area contributed by atoms with Crippen LogP contribution in [0, 0.1) is 5.82 Å². The standard InChI is InChI=1S/C17H13BrFN3O3S/c1-10(15(23)20-14-8-7-11(18)9-13(14)19)26-16-17(24)25-21-22(16)12-5-3-2-4-6-12/h2-10H,1H3,(H-,20,21,23,24)/p+1. The van der Waals surface area contributed by atoms with Crippen molar-refractivity contribution in [3.8, 4) is 5.69 Å². The number of nitrogens with zero attached hydrogens (tertiary/aromatic N) is 1. The summed E-state index contributed by atoms with van der Waals surface area (Å²) < 4.78 is 20.8. The normalized spacial score (nSPS) is 12.0. The number of aromatic amines is 1. The fourth-order valence-electron chi connectivity index (χ4n) is 2.16. The topological polar surface area (TPSA) is 79.0 Å². The molecule has 0 aliphatic carbocycles. The molecule has 2 N–H and O–H groups in total. The summed E-state index contributed by atoms with van der Waals surface area (Å²) >= 11 is 4.18. The molecule has 1 aromatic heterocycles. The maximum atomic E-state index is 13.9. The number of para-hydroxylation sites is 1. The van der Waals surface area contributed by atoms with Gasteiger partial charge in [-0.2, -0.15) is 0 Å². The molecule has 1 atom stereocenters. The Balaban J connectivity index is 1.78. The number of carbonyl (C=O) groups is 1. The van der Waals surface area contributed by atoms with Gasteiger partial charge in [0.1, 0.15) is 5.82 Å². The maximum absolute atomic E-state index is 13.9. The first-order valence-corrected chi connectivity index (χ1v) is 9.24. The molecule has 3 rings (SSSR count). The highest BCUT2D eigenvalue weighted by Crippen LogP contribution is 2.22. The fraction of sp³-hybridized carbons (Fsp3) is 0.118. The van der Waals surface area contributed by atoms with Crippen LogP contribution in [0.1, 0.15) is 6.92 Å². The number of hydrogen-bond acceptors (Lipinski definition) is 4. The summed E-state index contributed by atoms with van der Waals surface area (Å²) in [5.41, 5.74) is 0.170. The molecule has 0 aliphatic heterocycles. The fourth-order valence-corrected chi connectivity index (χ4v) is 3.38. The molecule has 1 amide bonds. The molecule has 1 unspecified atom stereocenters. The largest absolute Gasteiger partial charge is 0.442 e. The third-order valence-corrected chi connectivity index (χ3v) is 5.10. The third-order valence-electron chi connectivity index (χ3n) is 3.47. The lowest BCUT2D eigenvalue weighted by molar-refractivity contribution is -0.704. The summed E-state index contributed by atoms with van der Waals surface area (Å²) in [7, 11) is 0. The predicted octanol–water partition coefficient (Wildman–Crippen LogP) is 3.27. The van der Waals surface area contributed by atoms with Crippen molar-refractivity contribution in [3.63, 3.8) is 0 Å². The quantitative estimate of drug-likeness (QED) is 0.473. The van der Waals surface area contributed by atoms with E-state index in [1.54, 1.807) is 25.1 Å². The zero-order valence-electron chi connectivity index (χ0n) is 13.5. The van der Waals surface area contributed by atoms with E-state index >= 15 is 0 Å². The lowest BCUT2D eigenvalue weighted by Gasteiger charge is -2.10. The Morgan fingerprint density at radius 2 is 2.04 bits per heavy atom. The predicted molar refractivity (Wildman–Crippen MR) is 98.9 cm³/mol. The SMILES string of the molecule is CC(Sc1c(=O)o[nH][n+]1-c1ccccc1)C(=O)Nc1ccc(Br)cc1F. The second kappa shape index (κ2) is 7.88. The number of halogens is 2. The number of H-pyrrole nitrogens is 1. The average molecular weight is 439 g/mol. The molecular weight excluding hydrogens is 425 g/mol. The molecule has 9 heteroatoms. The molecule has 2 aromatic carbocycles. The molecule has 0 saturated carbocycles. The van der Waals surface area contributed by atoms with Gasteiger partial charge >= 0.3 is 10.7 Å². The Labute approximate surface area is 160 Å². The molecule has 0 aliphatic rings. The van der Waals surface area contributed by atoms with Gasteiger partial charge in [0, 0.05) is 16.6 Å². The van der Waals surface area contributed by atoms with Gasteiger partial charge in [-0.05, 0) is 46.8 Å². The number of thioether (sulfide) groups is 1. The van der Waals surface area contributed by atoms with Crippen molar-refractivity contribution >= 4 is 39.3 Å². The number of rotatable bonds is 5. The van der Waals surface area contributed by atoms with Gasteiger partial charge in [0.25, 0.3) is 0 Å². The molecule has 0 radical (unpaired) electrons. The number of benzene rings is 2. The van der Waals surface area contributed by atoms with E-state index in [0.717, 1.165) is 11.8 Å². The summed E-state index contributed by atoms with van der Waals surface area (Å²) in [6, 6.07) is 13.4. The van der Waals surface area contributed by atoms with E-state index in [-0.39, 0.29) is 10.7 Å². The van der Waals surface area contributed by atoms with E-state index in [2.05, 4.69) is 26.5 Å². The van der Waals surface area contributed by atoms with Crippen LogP contribution in [0.2, 0.25) is 0 Å². The lowest BCUT2D eigenvalue weighted by Crippen LogP contribution is -2.37. The number of hydrogen-bond donors (Lipinski definition) is 2. The first-order chi connectivity index (χ1) is 12.5. The van der Waals surface area contributed by atoms with Crippen molar-refractivity contribution in [1.82, 2.24) is 5.27 Å². The van der Waals surface area contributed by atoms with E-state index in [9.17, 15) is 14.0 Å². The maximum Gasteiger partial charge on any atom is 0.442 e. The van der Waals surface area contributed by atoms with Crippen LogP contribution in [-0.2, 0) is 4.79 Å². The molecule has 0 bridgehead atoms. The molecular formula is C17H14BrFN3O3S+. The molecule has 26 heavy (non-hydrogen) atoms. The average Bonchev–Trinajstić information content (AvgIpc) is 2.98. The number of aromatic nitrogens is 2. The monoisotopic (exact) mass is 438 g/mol. The van der Waals surface area contributed by atoms with E-state index in [1.165, 1.54) is 16.8 Å². The van der Waals surface area contributed by atoms with Crippen molar-refractivity contribution in [3.05, 3.63) is 69.2 Å². The van der Waals surface area contributed by atoms with Crippen molar-refractivity contribution in [2.45, 2.75) is 17.2 Å². The Kier molecular flexibility index (Phi) is 5.58. The summed E-state index contributed by atoms with van der Waals surface area (Å²) in [4.78, 5) is 24.4. The van der Waals surface area contributed by atoms with Gasteiger partial charge in [0.15, 0.2) is 0 Å². The van der Waals surface area contributed by atoms with Gasteiger partial charge in [0.2, 0.25) is 11.6 Å². The molecule has 3 aromatic rings. The smallest absolute Gasteiger partial charge is 0.323 e. The summed E-state index contributed by atoms with van der Waals surface area (Å²) in [5, 5.41) is 4.59. The molecule has 0 saturated heterocycles. The summed E-state index contributed by atoms with van der Waals surface area (Å²) in [6.45, 7) is 1.62. The van der Waals surface area contributed by atoms with Gasteiger partial charge in [-0.3, -0.25) is 9.32 Å². The van der Waals surface area contributed by atoms with Gasteiger partial charge in [0.05, 0.1) is 10.9 Å². The molecule has 0 spiro atoms. The second-order valence-electron chi connectivity index (χ2n) is 5.33. The van der Waals surface area contributed by atoms with Crippen molar-refractivity contribution in [2.75, 3.05) is 5.32 Å². The van der Waals surface area contributed by atoms with Crippen LogP contribution in [0.15, 0.2) is 67.3 Å². The first-order valence-electron chi connectivity index (χ1n) is 7.57. The van der Waals surface area contributed by atoms with E-state index in [0.29, 0.717) is 10.2 Å². The molecule has 0 fully saturated rings. The van der Waals surface area contributed by atoms with E-state index in [4.69, 9.17) is 4.52 Å². The van der Waals surface area contributed by atoms with E-state index in [1.807, 2.05) is 18.2 Å². The third kappa shape index (κ3) is 4.05. The van der Waals surface area contributed by atoms with Crippen LogP contribution < -0.4 is 15.6 Å². The van der Waals surface area contributed by atoms with Gasteiger partial charge in [-0.1, -0.05) is 34.1 Å².